The van der Waals surface area contributed by atoms with Crippen molar-refractivity contribution in [2.75, 3.05) is 45.9 Å². The predicted molar refractivity (Wildman–Crippen MR) is 91.0 cm³/mol. The number of likely N-dealkylation sites (tertiary alicyclic amines) is 1. The summed E-state index contributed by atoms with van der Waals surface area (Å²) >= 11 is 0. The van der Waals surface area contributed by atoms with Crippen molar-refractivity contribution in [1.29, 1.82) is 0 Å². The lowest BCUT2D eigenvalue weighted by atomic mass is 10.1. The Morgan fingerprint density at radius 2 is 1.86 bits per heavy atom. The summed E-state index contributed by atoms with van der Waals surface area (Å²) < 4.78 is 5.40. The van der Waals surface area contributed by atoms with Crippen molar-refractivity contribution >= 4 is 0 Å². The minimum atomic E-state index is -0.225. The molecule has 4 heteroatoms. The molecule has 0 spiro atoms. The lowest BCUT2D eigenvalue weighted by molar-refractivity contribution is -0.00614. The van der Waals surface area contributed by atoms with E-state index in [0.29, 0.717) is 0 Å². The second kappa shape index (κ2) is 8.82. The van der Waals surface area contributed by atoms with Crippen molar-refractivity contribution < 1.29 is 9.84 Å². The van der Waals surface area contributed by atoms with E-state index in [-0.39, 0.29) is 12.1 Å². The molecule has 2 aliphatic rings. The monoisotopic (exact) mass is 308 g/mol. The van der Waals surface area contributed by atoms with Gasteiger partial charge in [-0.2, -0.15) is 0 Å². The van der Waals surface area contributed by atoms with E-state index in [1.54, 1.807) is 0 Å². The van der Waals surface area contributed by atoms with Crippen LogP contribution in [0, 0.1) is 0 Å². The summed E-state index contributed by atoms with van der Waals surface area (Å²) in [7, 11) is 0. The fraction of sp³-hybridized carbons (Fsp3) is 0.778. The van der Waals surface area contributed by atoms with Gasteiger partial charge in [0.2, 0.25) is 0 Å². The van der Waals surface area contributed by atoms with Crippen molar-refractivity contribution in [1.82, 2.24) is 9.80 Å². The highest BCUT2D eigenvalue weighted by atomic mass is 16.5. The molecule has 0 saturated carbocycles. The van der Waals surface area contributed by atoms with Crippen LogP contribution >= 0.6 is 0 Å². The Hall–Kier alpha value is -0.680. The van der Waals surface area contributed by atoms with Crippen molar-refractivity contribution in [2.45, 2.75) is 45.8 Å². The average Bonchev–Trinajstić information content (AvgIpc) is 2.87. The zero-order valence-electron chi connectivity index (χ0n) is 14.4. The van der Waals surface area contributed by atoms with Crippen LogP contribution < -0.4 is 0 Å². The van der Waals surface area contributed by atoms with Crippen molar-refractivity contribution in [3.63, 3.8) is 0 Å². The van der Waals surface area contributed by atoms with E-state index in [9.17, 15) is 5.11 Å². The van der Waals surface area contributed by atoms with Gasteiger partial charge in [0.15, 0.2) is 0 Å². The fourth-order valence-corrected chi connectivity index (χ4v) is 3.24. The Balaban J connectivity index is 1.75. The van der Waals surface area contributed by atoms with E-state index in [2.05, 4.69) is 42.7 Å². The molecule has 0 unspecified atom stereocenters. The van der Waals surface area contributed by atoms with Gasteiger partial charge in [-0.3, -0.25) is 9.80 Å². The molecule has 0 bridgehead atoms. The molecule has 0 radical (unpaired) electrons. The maximum atomic E-state index is 10.3. The van der Waals surface area contributed by atoms with E-state index in [4.69, 9.17) is 4.74 Å². The molecule has 2 heterocycles. The van der Waals surface area contributed by atoms with Crippen LogP contribution in [0.25, 0.3) is 0 Å². The summed E-state index contributed by atoms with van der Waals surface area (Å²) in [5.74, 6) is 0. The molecular weight excluding hydrogens is 276 g/mol. The minimum Gasteiger partial charge on any atom is -0.390 e. The third-order valence-electron chi connectivity index (χ3n) is 4.64. The first kappa shape index (κ1) is 17.7. The molecule has 2 aliphatic heterocycles. The maximum absolute atomic E-state index is 10.3. The number of allylic oxidation sites excluding steroid dienone is 3. The molecule has 1 N–H and O–H groups in total. The van der Waals surface area contributed by atoms with Gasteiger partial charge < -0.3 is 9.84 Å². The van der Waals surface area contributed by atoms with Gasteiger partial charge in [0.05, 0.1) is 19.3 Å². The molecule has 2 rings (SSSR count). The molecule has 2 fully saturated rings. The largest absolute Gasteiger partial charge is 0.390 e. The van der Waals surface area contributed by atoms with Crippen LogP contribution in [-0.4, -0.2) is 73.0 Å². The molecule has 2 atom stereocenters. The normalized spacial score (nSPS) is 28.1. The quantitative estimate of drug-likeness (QED) is 0.762. The Morgan fingerprint density at radius 3 is 2.55 bits per heavy atom. The zero-order valence-corrected chi connectivity index (χ0v) is 14.4. The van der Waals surface area contributed by atoms with Crippen LogP contribution in [0.3, 0.4) is 0 Å². The van der Waals surface area contributed by atoms with Gasteiger partial charge >= 0.3 is 0 Å². The van der Waals surface area contributed by atoms with Gasteiger partial charge in [-0.05, 0) is 33.6 Å². The molecule has 0 aromatic carbocycles. The van der Waals surface area contributed by atoms with Gasteiger partial charge in [0.1, 0.15) is 0 Å². The maximum Gasteiger partial charge on any atom is 0.0834 e. The topological polar surface area (TPSA) is 35.9 Å². The first-order valence-corrected chi connectivity index (χ1v) is 8.57. The van der Waals surface area contributed by atoms with Crippen LogP contribution in [0.15, 0.2) is 23.3 Å². The third-order valence-corrected chi connectivity index (χ3v) is 4.64. The highest BCUT2D eigenvalue weighted by molar-refractivity contribution is 5.04. The third kappa shape index (κ3) is 5.51. The highest BCUT2D eigenvalue weighted by Gasteiger charge is 2.35. The number of nitrogens with zero attached hydrogens (tertiary/aromatic N) is 2. The Bertz CT molecular complexity index is 396. The lowest BCUT2D eigenvalue weighted by Crippen LogP contribution is -2.48. The molecule has 22 heavy (non-hydrogen) atoms. The minimum absolute atomic E-state index is 0.225. The first-order chi connectivity index (χ1) is 10.6. The first-order valence-electron chi connectivity index (χ1n) is 8.57. The molecule has 2 saturated heterocycles. The number of ether oxygens (including phenoxy) is 1. The standard InChI is InChI=1S/C18H32N2O2/c1-15(2)5-4-6-16(3)7-8-19-13-17(18(21)14-19)20-9-11-22-12-10-20/h5,7,17-18,21H,4,6,8-14H2,1-3H3/t17-,18-/m0/s1. The number of β-amino-alcohol motifs (C(OH)–C–C–N with tert-alkyl or cyclic N) is 1. The molecule has 0 aliphatic carbocycles. The van der Waals surface area contributed by atoms with Gasteiger partial charge in [0, 0.05) is 38.8 Å². The summed E-state index contributed by atoms with van der Waals surface area (Å²) in [6, 6.07) is 0.281. The second-order valence-corrected chi connectivity index (χ2v) is 6.87. The van der Waals surface area contributed by atoms with E-state index < -0.39 is 0 Å². The van der Waals surface area contributed by atoms with Crippen molar-refractivity contribution in [3.8, 4) is 0 Å². The van der Waals surface area contributed by atoms with E-state index in [1.807, 2.05) is 0 Å². The van der Waals surface area contributed by atoms with Gasteiger partial charge in [-0.25, -0.2) is 0 Å². The zero-order chi connectivity index (χ0) is 15.9. The summed E-state index contributed by atoms with van der Waals surface area (Å²) in [4.78, 5) is 4.76. The highest BCUT2D eigenvalue weighted by Crippen LogP contribution is 2.18. The van der Waals surface area contributed by atoms with Crippen LogP contribution in [0.4, 0.5) is 0 Å². The summed E-state index contributed by atoms with van der Waals surface area (Å²) in [6.45, 7) is 12.7. The summed E-state index contributed by atoms with van der Waals surface area (Å²) in [5.41, 5.74) is 2.84. The van der Waals surface area contributed by atoms with Crippen LogP contribution in [0.2, 0.25) is 0 Å². The number of rotatable bonds is 6. The van der Waals surface area contributed by atoms with E-state index in [0.717, 1.165) is 58.8 Å². The van der Waals surface area contributed by atoms with E-state index >= 15 is 0 Å². The van der Waals surface area contributed by atoms with Gasteiger partial charge in [0.25, 0.3) is 0 Å². The molecule has 0 aromatic heterocycles. The molecule has 4 nitrogen and oxygen atoms in total. The molecule has 126 valence electrons. The van der Waals surface area contributed by atoms with Crippen LogP contribution in [-0.2, 0) is 4.74 Å². The lowest BCUT2D eigenvalue weighted by Gasteiger charge is -2.33. The van der Waals surface area contributed by atoms with Crippen molar-refractivity contribution in [2.24, 2.45) is 0 Å². The Kier molecular flexibility index (Phi) is 7.09. The average molecular weight is 308 g/mol. The smallest absolute Gasteiger partial charge is 0.0834 e. The second-order valence-electron chi connectivity index (χ2n) is 6.87. The predicted octanol–water partition coefficient (Wildman–Crippen LogP) is 2.06. The van der Waals surface area contributed by atoms with Crippen LogP contribution in [0.1, 0.15) is 33.6 Å². The van der Waals surface area contributed by atoms with Gasteiger partial charge in [-0.15, -0.1) is 0 Å². The van der Waals surface area contributed by atoms with Crippen molar-refractivity contribution in [3.05, 3.63) is 23.3 Å². The number of morpholine rings is 1. The Labute approximate surface area is 135 Å². The fourth-order valence-electron chi connectivity index (χ4n) is 3.24. The van der Waals surface area contributed by atoms with Crippen LogP contribution in [0.5, 0.6) is 0 Å². The van der Waals surface area contributed by atoms with E-state index in [1.165, 1.54) is 11.1 Å². The molecule has 0 aromatic rings. The molecular formula is C18H32N2O2. The number of aliphatic hydroxyl groups is 1. The summed E-state index contributed by atoms with van der Waals surface area (Å²) in [5, 5.41) is 10.3. The molecule has 0 amide bonds. The Morgan fingerprint density at radius 1 is 1.14 bits per heavy atom. The summed E-state index contributed by atoms with van der Waals surface area (Å²) in [6.07, 6.45) is 6.66. The SMILES string of the molecule is CC(C)=CCCC(C)=CCN1C[C@H](O)[C@@H](N2CCOCC2)C1. The number of hydrogen-bond acceptors (Lipinski definition) is 4. The number of hydrogen-bond donors (Lipinski definition) is 1. The number of aliphatic hydroxyl groups excluding tert-OH is 1. The van der Waals surface area contributed by atoms with Gasteiger partial charge in [-0.1, -0.05) is 23.3 Å².